The van der Waals surface area contributed by atoms with E-state index in [9.17, 15) is 5.11 Å². The van der Waals surface area contributed by atoms with Gasteiger partial charge in [-0.3, -0.25) is 0 Å². The van der Waals surface area contributed by atoms with Crippen LogP contribution < -0.4 is 0 Å². The topological polar surface area (TPSA) is 40.5 Å². The number of hydrogen-bond acceptors (Lipinski definition) is 2. The van der Waals surface area contributed by atoms with Gasteiger partial charge in [-0.05, 0) is 25.7 Å². The monoisotopic (exact) mass is 230 g/mol. The predicted molar refractivity (Wildman–Crippen MR) is 71.5 cm³/mol. The third kappa shape index (κ3) is 16.1. The van der Waals surface area contributed by atoms with Crippen LogP contribution in [0.1, 0.15) is 59.8 Å². The molecule has 0 amide bonds. The van der Waals surface area contributed by atoms with Crippen LogP contribution in [-0.4, -0.2) is 22.4 Å². The minimum Gasteiger partial charge on any atom is -0.396 e. The zero-order valence-electron chi connectivity index (χ0n) is 11.5. The first-order chi connectivity index (χ1) is 7.39. The fraction of sp³-hybridized carbons (Fsp3) is 0.857. The highest BCUT2D eigenvalue weighted by atomic mass is 16.3. The van der Waals surface area contributed by atoms with Crippen LogP contribution in [0.4, 0.5) is 0 Å². The lowest BCUT2D eigenvalue weighted by atomic mass is 9.96. The van der Waals surface area contributed by atoms with Crippen molar-refractivity contribution in [1.82, 2.24) is 0 Å². The molecule has 0 radical (unpaired) electrons. The molecular formula is C14H30O2. The van der Waals surface area contributed by atoms with E-state index in [0.29, 0.717) is 6.61 Å². The van der Waals surface area contributed by atoms with Crippen molar-refractivity contribution in [3.05, 3.63) is 12.7 Å². The van der Waals surface area contributed by atoms with Gasteiger partial charge in [0, 0.05) is 6.61 Å². The number of unbranched alkanes of at least 4 members (excludes halogenated alkanes) is 1. The molecule has 1 atom stereocenters. The first-order valence-corrected chi connectivity index (χ1v) is 6.36. The van der Waals surface area contributed by atoms with Crippen molar-refractivity contribution < 1.29 is 10.2 Å². The lowest BCUT2D eigenvalue weighted by Crippen LogP contribution is -2.19. The van der Waals surface area contributed by atoms with Gasteiger partial charge in [0.15, 0.2) is 0 Å². The molecule has 1 unspecified atom stereocenters. The summed E-state index contributed by atoms with van der Waals surface area (Å²) in [5.74, 6) is 0.732. The Morgan fingerprint density at radius 1 is 1.31 bits per heavy atom. The van der Waals surface area contributed by atoms with Gasteiger partial charge in [0.2, 0.25) is 0 Å². The number of aliphatic hydroxyl groups excluding tert-OH is 1. The van der Waals surface area contributed by atoms with Crippen LogP contribution in [0.2, 0.25) is 0 Å². The van der Waals surface area contributed by atoms with Crippen molar-refractivity contribution in [3.63, 3.8) is 0 Å². The van der Waals surface area contributed by atoms with Gasteiger partial charge in [0.25, 0.3) is 0 Å². The van der Waals surface area contributed by atoms with E-state index in [2.05, 4.69) is 27.4 Å². The van der Waals surface area contributed by atoms with Crippen molar-refractivity contribution in [1.29, 1.82) is 0 Å². The van der Waals surface area contributed by atoms with Gasteiger partial charge in [-0.2, -0.15) is 0 Å². The first kappa shape index (κ1) is 18.0. The lowest BCUT2D eigenvalue weighted by molar-refractivity contribution is 0.0979. The summed E-state index contributed by atoms with van der Waals surface area (Å²) in [6.45, 7) is 12.2. The van der Waals surface area contributed by atoms with E-state index in [0.717, 1.165) is 31.6 Å². The maximum atomic E-state index is 9.52. The number of rotatable bonds is 7. The highest BCUT2D eigenvalue weighted by Crippen LogP contribution is 2.16. The highest BCUT2D eigenvalue weighted by molar-refractivity contribution is 4.91. The van der Waals surface area contributed by atoms with Gasteiger partial charge in [-0.1, -0.05) is 46.1 Å². The summed E-state index contributed by atoms with van der Waals surface area (Å²) < 4.78 is 0. The third-order valence-electron chi connectivity index (χ3n) is 2.42. The molecule has 0 aromatic heterocycles. The maximum absolute atomic E-state index is 9.52. The van der Waals surface area contributed by atoms with Gasteiger partial charge < -0.3 is 10.2 Å². The predicted octanol–water partition coefficient (Wildman–Crippen LogP) is 3.53. The van der Waals surface area contributed by atoms with Crippen LogP contribution in [0.5, 0.6) is 0 Å². The molecule has 0 aromatic rings. The molecule has 0 spiro atoms. The van der Waals surface area contributed by atoms with Crippen LogP contribution >= 0.6 is 0 Å². The highest BCUT2D eigenvalue weighted by Gasteiger charge is 2.14. The molecular weight excluding hydrogens is 200 g/mol. The molecule has 2 heteroatoms. The summed E-state index contributed by atoms with van der Waals surface area (Å²) in [4.78, 5) is 0. The fourth-order valence-corrected chi connectivity index (χ4v) is 1.13. The normalized spacial score (nSPS) is 13.9. The van der Waals surface area contributed by atoms with Crippen LogP contribution in [0.3, 0.4) is 0 Å². The minimum absolute atomic E-state index is 0.344. The Kier molecular flexibility index (Phi) is 12.6. The summed E-state index contributed by atoms with van der Waals surface area (Å²) in [5, 5.41) is 17.6. The summed E-state index contributed by atoms with van der Waals surface area (Å²) in [6, 6.07) is 0. The Morgan fingerprint density at radius 2 is 1.88 bits per heavy atom. The van der Waals surface area contributed by atoms with Gasteiger partial charge in [-0.25, -0.2) is 0 Å². The van der Waals surface area contributed by atoms with Crippen molar-refractivity contribution in [2.45, 2.75) is 65.4 Å². The molecule has 16 heavy (non-hydrogen) atoms. The van der Waals surface area contributed by atoms with Gasteiger partial charge in [0.05, 0.1) is 5.60 Å². The second kappa shape index (κ2) is 11.2. The Hall–Kier alpha value is -0.340. The molecule has 0 aromatic carbocycles. The molecule has 0 aliphatic rings. The van der Waals surface area contributed by atoms with E-state index in [1.807, 2.05) is 0 Å². The van der Waals surface area contributed by atoms with Gasteiger partial charge >= 0.3 is 0 Å². The largest absolute Gasteiger partial charge is 0.396 e. The number of hydrogen-bond donors (Lipinski definition) is 2. The van der Waals surface area contributed by atoms with Crippen molar-refractivity contribution in [2.75, 3.05) is 6.61 Å². The van der Waals surface area contributed by atoms with E-state index >= 15 is 0 Å². The van der Waals surface area contributed by atoms with Crippen LogP contribution in [0.15, 0.2) is 12.7 Å². The van der Waals surface area contributed by atoms with Crippen LogP contribution in [0.25, 0.3) is 0 Å². The summed E-state index contributed by atoms with van der Waals surface area (Å²) in [6.07, 6.45) is 6.75. The molecule has 0 saturated heterocycles. The second-order valence-electron chi connectivity index (χ2n) is 4.92. The summed E-state index contributed by atoms with van der Waals surface area (Å²) >= 11 is 0. The Bertz CT molecular complexity index is 149. The smallest absolute Gasteiger partial charge is 0.0797 e. The van der Waals surface area contributed by atoms with Crippen LogP contribution in [0, 0.1) is 5.92 Å². The molecule has 0 aliphatic heterocycles. The van der Waals surface area contributed by atoms with Gasteiger partial charge in [-0.15, -0.1) is 6.58 Å². The van der Waals surface area contributed by atoms with Crippen LogP contribution in [-0.2, 0) is 0 Å². The molecule has 0 bridgehead atoms. The first-order valence-electron chi connectivity index (χ1n) is 6.36. The van der Waals surface area contributed by atoms with Crippen molar-refractivity contribution >= 4 is 0 Å². The Balaban J connectivity index is 0. The fourth-order valence-electron chi connectivity index (χ4n) is 1.13. The summed E-state index contributed by atoms with van der Waals surface area (Å²) in [7, 11) is 0. The van der Waals surface area contributed by atoms with Gasteiger partial charge in [0.1, 0.15) is 0 Å². The maximum Gasteiger partial charge on any atom is 0.0797 e. The average Bonchev–Trinajstić information content (AvgIpc) is 2.19. The standard InChI is InChI=1S/C10H20O.C4H10O/c1-5-10(4,11)8-6-7-9(2)3;1-2-3-4-5/h5,9,11H,1,6-8H2,2-4H3;5H,2-4H2,1H3. The Morgan fingerprint density at radius 3 is 2.12 bits per heavy atom. The number of aliphatic hydroxyl groups is 2. The third-order valence-corrected chi connectivity index (χ3v) is 2.42. The molecule has 0 rings (SSSR count). The zero-order chi connectivity index (χ0) is 13.0. The van der Waals surface area contributed by atoms with E-state index in [-0.39, 0.29) is 0 Å². The van der Waals surface area contributed by atoms with E-state index in [1.54, 1.807) is 13.0 Å². The summed E-state index contributed by atoms with van der Waals surface area (Å²) in [5.41, 5.74) is -0.658. The molecule has 0 aliphatic carbocycles. The quantitative estimate of drug-likeness (QED) is 0.657. The van der Waals surface area contributed by atoms with Crippen molar-refractivity contribution in [3.8, 4) is 0 Å². The van der Waals surface area contributed by atoms with E-state index in [1.165, 1.54) is 6.42 Å². The Labute approximate surface area is 101 Å². The SMILES string of the molecule is C=CC(C)(O)CCCC(C)C.CCCCO. The average molecular weight is 230 g/mol. The molecule has 2 N–H and O–H groups in total. The molecule has 0 saturated carbocycles. The zero-order valence-corrected chi connectivity index (χ0v) is 11.5. The molecule has 0 heterocycles. The molecule has 98 valence electrons. The molecule has 2 nitrogen and oxygen atoms in total. The van der Waals surface area contributed by atoms with E-state index in [4.69, 9.17) is 5.11 Å². The van der Waals surface area contributed by atoms with Crippen molar-refractivity contribution in [2.24, 2.45) is 5.92 Å². The second-order valence-corrected chi connectivity index (χ2v) is 4.92. The van der Waals surface area contributed by atoms with E-state index < -0.39 is 5.60 Å². The minimum atomic E-state index is -0.658. The molecule has 0 fully saturated rings. The lowest BCUT2D eigenvalue weighted by Gasteiger charge is -2.18.